The molecule has 14 heteroatoms. The fourth-order valence-electron chi connectivity index (χ4n) is 3.23. The molecule has 2 N–H and O–H groups in total. The first-order chi connectivity index (χ1) is 18.2. The summed E-state index contributed by atoms with van der Waals surface area (Å²) in [5.74, 6) is 0.275. The van der Waals surface area contributed by atoms with Gasteiger partial charge in [0.25, 0.3) is 15.9 Å². The molecule has 0 aliphatic carbocycles. The monoisotopic (exact) mass is 558 g/mol. The smallest absolute Gasteiger partial charge is 0.321 e. The minimum atomic E-state index is -3.99. The summed E-state index contributed by atoms with van der Waals surface area (Å²) in [4.78, 5) is 20.5. The van der Waals surface area contributed by atoms with Gasteiger partial charge in [-0.3, -0.25) is 9.52 Å². The lowest BCUT2D eigenvalue weighted by Crippen LogP contribution is -2.16. The molecule has 0 aliphatic rings. The largest absolute Gasteiger partial charge is 0.481 e. The van der Waals surface area contributed by atoms with Crippen LogP contribution in [0.2, 0.25) is 5.02 Å². The van der Waals surface area contributed by atoms with Crippen LogP contribution in [-0.4, -0.2) is 48.3 Å². The van der Waals surface area contributed by atoms with Crippen LogP contribution in [0.1, 0.15) is 16.1 Å². The third kappa shape index (κ3) is 6.49. The second-order valence-corrected chi connectivity index (χ2v) is 9.91. The van der Waals surface area contributed by atoms with Crippen LogP contribution in [0, 0.1) is 6.92 Å². The van der Waals surface area contributed by atoms with Gasteiger partial charge >= 0.3 is 6.01 Å². The fraction of sp³-hybridized carbons (Fsp3) is 0.167. The number of carbonyl (C=O) groups excluding carboxylic acids is 1. The van der Waals surface area contributed by atoms with Crippen molar-refractivity contribution in [2.75, 3.05) is 24.3 Å². The molecule has 0 atom stereocenters. The quantitative estimate of drug-likeness (QED) is 0.297. The van der Waals surface area contributed by atoms with Gasteiger partial charge in [-0.2, -0.15) is 15.1 Å². The van der Waals surface area contributed by atoms with Gasteiger partial charge in [0, 0.05) is 23.0 Å². The van der Waals surface area contributed by atoms with Gasteiger partial charge in [0.2, 0.25) is 5.88 Å². The molecule has 1 amide bonds. The van der Waals surface area contributed by atoms with Crippen LogP contribution in [0.5, 0.6) is 17.6 Å². The van der Waals surface area contributed by atoms with Crippen molar-refractivity contribution in [3.63, 3.8) is 0 Å². The topological polar surface area (TPSA) is 147 Å². The lowest BCUT2D eigenvalue weighted by molar-refractivity contribution is 0.102. The maximum Gasteiger partial charge on any atom is 0.321 e. The van der Waals surface area contributed by atoms with Crippen LogP contribution in [0.4, 0.5) is 11.5 Å². The highest BCUT2D eigenvalue weighted by Gasteiger charge is 2.18. The molecule has 0 unspecified atom stereocenters. The summed E-state index contributed by atoms with van der Waals surface area (Å²) in [6.07, 6.45) is 1.61. The van der Waals surface area contributed by atoms with E-state index in [9.17, 15) is 13.2 Å². The lowest BCUT2D eigenvalue weighted by atomic mass is 10.2. The molecule has 0 radical (unpaired) electrons. The Hall–Kier alpha value is -4.36. The SMILES string of the molecule is COc1cc(NS(=O)(=O)c2ccc(NC(=O)c3ccn(COc4ccc(Cl)cc4C)n3)cc2)nc(OC)n1. The zero-order valence-corrected chi connectivity index (χ0v) is 22.1. The average molecular weight is 559 g/mol. The molecule has 198 valence electrons. The molecular weight excluding hydrogens is 536 g/mol. The van der Waals surface area contributed by atoms with E-state index in [0.29, 0.717) is 16.5 Å². The Labute approximate surface area is 223 Å². The molecule has 38 heavy (non-hydrogen) atoms. The van der Waals surface area contributed by atoms with Crippen LogP contribution in [-0.2, 0) is 16.8 Å². The van der Waals surface area contributed by atoms with Gasteiger partial charge in [0.05, 0.1) is 19.1 Å². The van der Waals surface area contributed by atoms with Crippen molar-refractivity contribution in [2.45, 2.75) is 18.6 Å². The number of benzene rings is 2. The van der Waals surface area contributed by atoms with Gasteiger partial charge < -0.3 is 19.5 Å². The number of carbonyl (C=O) groups is 1. The molecule has 0 spiro atoms. The van der Waals surface area contributed by atoms with E-state index < -0.39 is 15.9 Å². The van der Waals surface area contributed by atoms with E-state index in [-0.39, 0.29) is 35.0 Å². The van der Waals surface area contributed by atoms with Crippen molar-refractivity contribution < 1.29 is 27.4 Å². The van der Waals surface area contributed by atoms with E-state index in [2.05, 4.69) is 25.1 Å². The molecular formula is C24H23ClN6O6S. The number of amides is 1. The maximum absolute atomic E-state index is 12.8. The minimum Gasteiger partial charge on any atom is -0.481 e. The van der Waals surface area contributed by atoms with Crippen molar-refractivity contribution in [1.29, 1.82) is 0 Å². The summed E-state index contributed by atoms with van der Waals surface area (Å²) in [7, 11) is -1.26. The lowest BCUT2D eigenvalue weighted by Gasteiger charge is -2.10. The highest BCUT2D eigenvalue weighted by molar-refractivity contribution is 7.92. The summed E-state index contributed by atoms with van der Waals surface area (Å²) in [6, 6.07) is 13.7. The van der Waals surface area contributed by atoms with E-state index in [4.69, 9.17) is 25.8 Å². The van der Waals surface area contributed by atoms with Crippen molar-refractivity contribution in [1.82, 2.24) is 19.7 Å². The Balaban J connectivity index is 1.38. The fourth-order valence-corrected chi connectivity index (χ4v) is 4.45. The number of aryl methyl sites for hydroxylation is 1. The number of ether oxygens (including phenoxy) is 3. The highest BCUT2D eigenvalue weighted by Crippen LogP contribution is 2.23. The number of hydrogen-bond donors (Lipinski definition) is 2. The number of hydrogen-bond acceptors (Lipinski definition) is 9. The van der Waals surface area contributed by atoms with Crippen molar-refractivity contribution in [2.24, 2.45) is 0 Å². The molecule has 4 rings (SSSR count). The summed E-state index contributed by atoms with van der Waals surface area (Å²) in [5.41, 5.74) is 1.41. The molecule has 4 aromatic rings. The molecule has 2 aromatic carbocycles. The van der Waals surface area contributed by atoms with Gasteiger partial charge in [-0.25, -0.2) is 13.1 Å². The molecule has 2 heterocycles. The normalized spacial score (nSPS) is 11.1. The van der Waals surface area contributed by atoms with Crippen LogP contribution in [0.15, 0.2) is 65.7 Å². The second kappa shape index (κ2) is 11.4. The highest BCUT2D eigenvalue weighted by atomic mass is 35.5. The van der Waals surface area contributed by atoms with E-state index in [1.54, 1.807) is 30.5 Å². The number of aromatic nitrogens is 4. The van der Waals surface area contributed by atoms with Gasteiger partial charge in [0.1, 0.15) is 5.75 Å². The average Bonchev–Trinajstić information content (AvgIpc) is 3.37. The predicted octanol–water partition coefficient (Wildman–Crippen LogP) is 3.74. The number of sulfonamides is 1. The Bertz CT molecular complexity index is 1540. The minimum absolute atomic E-state index is 0.0307. The molecule has 0 fully saturated rings. The van der Waals surface area contributed by atoms with Crippen LogP contribution < -0.4 is 24.2 Å². The zero-order chi connectivity index (χ0) is 27.3. The predicted molar refractivity (Wildman–Crippen MR) is 139 cm³/mol. The number of halogens is 1. The Morgan fingerprint density at radius 3 is 2.47 bits per heavy atom. The molecule has 2 aromatic heterocycles. The van der Waals surface area contributed by atoms with Gasteiger partial charge in [-0.15, -0.1) is 0 Å². The number of nitrogens with one attached hydrogen (secondary N) is 2. The standard InChI is InChI=1S/C24H23ClN6O6S/c1-15-12-16(25)4-9-20(15)37-14-31-11-10-19(29-31)23(32)26-17-5-7-18(8-6-17)38(33,34)30-21-13-22(35-2)28-24(27-21)36-3/h4-13H,14H2,1-3H3,(H,26,32)(H,27,28,30). The number of anilines is 2. The first-order valence-electron chi connectivity index (χ1n) is 11.0. The van der Waals surface area contributed by atoms with Crippen molar-refractivity contribution >= 4 is 39.0 Å². The number of methoxy groups -OCH3 is 2. The Morgan fingerprint density at radius 1 is 1.03 bits per heavy atom. The van der Waals surface area contributed by atoms with Gasteiger partial charge in [-0.1, -0.05) is 11.6 Å². The first kappa shape index (κ1) is 26.7. The first-order valence-corrected chi connectivity index (χ1v) is 12.9. The van der Waals surface area contributed by atoms with Crippen molar-refractivity contribution in [3.05, 3.63) is 77.1 Å². The molecule has 12 nitrogen and oxygen atoms in total. The third-order valence-electron chi connectivity index (χ3n) is 5.10. The van der Waals surface area contributed by atoms with Crippen molar-refractivity contribution in [3.8, 4) is 17.6 Å². The Kier molecular flexibility index (Phi) is 7.98. The molecule has 0 bridgehead atoms. The molecule has 0 saturated heterocycles. The summed E-state index contributed by atoms with van der Waals surface area (Å²) in [6.45, 7) is 1.97. The summed E-state index contributed by atoms with van der Waals surface area (Å²) < 4.78 is 45.1. The maximum atomic E-state index is 12.8. The number of rotatable bonds is 10. The van der Waals surface area contributed by atoms with E-state index in [1.165, 1.54) is 49.2 Å². The van der Waals surface area contributed by atoms with E-state index in [0.717, 1.165) is 5.56 Å². The van der Waals surface area contributed by atoms with Crippen LogP contribution in [0.3, 0.4) is 0 Å². The van der Waals surface area contributed by atoms with Gasteiger partial charge in [0.15, 0.2) is 18.2 Å². The Morgan fingerprint density at radius 2 is 1.79 bits per heavy atom. The van der Waals surface area contributed by atoms with Gasteiger partial charge in [-0.05, 0) is 61.0 Å². The summed E-state index contributed by atoms with van der Waals surface area (Å²) in [5, 5.41) is 7.51. The second-order valence-electron chi connectivity index (χ2n) is 7.79. The van der Waals surface area contributed by atoms with E-state index in [1.807, 2.05) is 6.92 Å². The third-order valence-corrected chi connectivity index (χ3v) is 6.70. The van der Waals surface area contributed by atoms with Crippen LogP contribution in [0.25, 0.3) is 0 Å². The van der Waals surface area contributed by atoms with Crippen LogP contribution >= 0.6 is 11.6 Å². The molecule has 0 saturated carbocycles. The summed E-state index contributed by atoms with van der Waals surface area (Å²) >= 11 is 5.96. The van der Waals surface area contributed by atoms with E-state index >= 15 is 0 Å². The molecule has 0 aliphatic heterocycles. The number of nitrogens with zero attached hydrogens (tertiary/aromatic N) is 4. The zero-order valence-electron chi connectivity index (χ0n) is 20.5.